The maximum atomic E-state index is 11.4. The Morgan fingerprint density at radius 1 is 1.50 bits per heavy atom. The molecule has 0 aliphatic rings. The molecule has 0 fully saturated rings. The van der Waals surface area contributed by atoms with E-state index in [-0.39, 0.29) is 25.0 Å². The number of carbonyl (C=O) groups is 1. The average molecular weight is 291 g/mol. The van der Waals surface area contributed by atoms with Gasteiger partial charge in [-0.2, -0.15) is 0 Å². The minimum absolute atomic E-state index is 0.0309. The van der Waals surface area contributed by atoms with Crippen LogP contribution in [0.2, 0.25) is 10.0 Å². The van der Waals surface area contributed by atoms with E-state index in [1.807, 2.05) is 6.92 Å². The van der Waals surface area contributed by atoms with Gasteiger partial charge >= 0.3 is 0 Å². The molecule has 1 aromatic carbocycles. The molecule has 0 unspecified atom stereocenters. The lowest BCUT2D eigenvalue weighted by Gasteiger charge is -2.12. The summed E-state index contributed by atoms with van der Waals surface area (Å²) in [6.07, 6.45) is 0.253. The van der Waals surface area contributed by atoms with Crippen molar-refractivity contribution in [1.82, 2.24) is 5.32 Å². The number of hydrogen-bond donors (Lipinski definition) is 2. The van der Waals surface area contributed by atoms with Crippen LogP contribution in [0.5, 0.6) is 5.75 Å². The summed E-state index contributed by atoms with van der Waals surface area (Å²) in [4.78, 5) is 11.4. The van der Waals surface area contributed by atoms with Crippen LogP contribution in [0.25, 0.3) is 0 Å². The Bertz CT molecular complexity index is 413. The van der Waals surface area contributed by atoms with Crippen LogP contribution < -0.4 is 15.8 Å². The summed E-state index contributed by atoms with van der Waals surface area (Å²) in [6.45, 7) is 2.51. The van der Waals surface area contributed by atoms with Gasteiger partial charge in [0.25, 0.3) is 0 Å². The molecule has 6 heteroatoms. The van der Waals surface area contributed by atoms with Gasteiger partial charge in [-0.3, -0.25) is 4.79 Å². The van der Waals surface area contributed by atoms with Crippen LogP contribution in [0.4, 0.5) is 0 Å². The highest BCUT2D eigenvalue weighted by atomic mass is 35.5. The Labute approximate surface area is 116 Å². The molecule has 0 saturated carbocycles. The number of halogens is 2. The molecule has 0 spiro atoms. The van der Waals surface area contributed by atoms with E-state index >= 15 is 0 Å². The summed E-state index contributed by atoms with van der Waals surface area (Å²) < 4.78 is 5.39. The molecule has 1 atom stereocenters. The number of nitrogens with one attached hydrogen (secondary N) is 1. The molecule has 0 heterocycles. The number of amides is 1. The lowest BCUT2D eigenvalue weighted by Crippen LogP contribution is -2.38. The summed E-state index contributed by atoms with van der Waals surface area (Å²) in [5.74, 6) is 0.416. The first-order valence-corrected chi connectivity index (χ1v) is 6.35. The summed E-state index contributed by atoms with van der Waals surface area (Å²) in [7, 11) is 0. The van der Waals surface area contributed by atoms with Crippen LogP contribution in [0.3, 0.4) is 0 Å². The first kappa shape index (κ1) is 15.1. The van der Waals surface area contributed by atoms with Gasteiger partial charge in [0.05, 0.1) is 18.1 Å². The summed E-state index contributed by atoms with van der Waals surface area (Å²) in [6, 6.07) is 4.91. The molecule has 1 rings (SSSR count). The van der Waals surface area contributed by atoms with Crippen molar-refractivity contribution in [2.24, 2.45) is 5.73 Å². The van der Waals surface area contributed by atoms with Crippen LogP contribution in [0.15, 0.2) is 18.2 Å². The largest absolute Gasteiger partial charge is 0.491 e. The molecule has 0 radical (unpaired) electrons. The zero-order valence-corrected chi connectivity index (χ0v) is 11.6. The van der Waals surface area contributed by atoms with Crippen LogP contribution in [0, 0.1) is 0 Å². The molecule has 0 bridgehead atoms. The molecule has 0 saturated heterocycles. The van der Waals surface area contributed by atoms with Crippen LogP contribution in [0.1, 0.15) is 13.3 Å². The molecular weight excluding hydrogens is 275 g/mol. The molecule has 0 aliphatic carbocycles. The van der Waals surface area contributed by atoms with Gasteiger partial charge in [0.1, 0.15) is 5.75 Å². The second-order valence-electron chi connectivity index (χ2n) is 3.88. The van der Waals surface area contributed by atoms with Crippen molar-refractivity contribution in [1.29, 1.82) is 0 Å². The lowest BCUT2D eigenvalue weighted by atomic mass is 10.3. The van der Waals surface area contributed by atoms with Gasteiger partial charge in [-0.15, -0.1) is 0 Å². The predicted octanol–water partition coefficient (Wildman–Crippen LogP) is 2.23. The van der Waals surface area contributed by atoms with Crippen LogP contribution in [-0.4, -0.2) is 25.1 Å². The number of ether oxygens (including phenoxy) is 1. The summed E-state index contributed by atoms with van der Waals surface area (Å²) in [5, 5.41) is 3.71. The Kier molecular flexibility index (Phi) is 6.25. The quantitative estimate of drug-likeness (QED) is 0.844. The fourth-order valence-corrected chi connectivity index (χ4v) is 1.71. The average Bonchev–Trinajstić information content (AvgIpc) is 2.31. The SMILES string of the molecule is C[C@@H](CN)NC(=O)CCOc1ccc(Cl)cc1Cl. The number of hydrogen-bond acceptors (Lipinski definition) is 3. The highest BCUT2D eigenvalue weighted by molar-refractivity contribution is 6.35. The van der Waals surface area contributed by atoms with Crippen molar-refractivity contribution >= 4 is 29.1 Å². The van der Waals surface area contributed by atoms with E-state index in [2.05, 4.69) is 5.32 Å². The van der Waals surface area contributed by atoms with Crippen molar-refractivity contribution in [3.8, 4) is 5.75 Å². The van der Waals surface area contributed by atoms with E-state index in [9.17, 15) is 4.79 Å². The van der Waals surface area contributed by atoms with Gasteiger partial charge in [-0.25, -0.2) is 0 Å². The molecule has 3 N–H and O–H groups in total. The fourth-order valence-electron chi connectivity index (χ4n) is 1.25. The minimum Gasteiger partial charge on any atom is -0.491 e. The first-order chi connectivity index (χ1) is 8.52. The third kappa shape index (κ3) is 5.12. The summed E-state index contributed by atoms with van der Waals surface area (Å²) >= 11 is 11.7. The Morgan fingerprint density at radius 3 is 2.83 bits per heavy atom. The van der Waals surface area contributed by atoms with E-state index in [4.69, 9.17) is 33.7 Å². The standard InChI is InChI=1S/C12H16Cl2N2O2/c1-8(7-15)16-12(17)4-5-18-11-3-2-9(13)6-10(11)14/h2-3,6,8H,4-5,7,15H2,1H3,(H,16,17)/t8-/m0/s1. The minimum atomic E-state index is -0.0990. The lowest BCUT2D eigenvalue weighted by molar-refractivity contribution is -0.122. The maximum Gasteiger partial charge on any atom is 0.223 e. The smallest absolute Gasteiger partial charge is 0.223 e. The number of rotatable bonds is 6. The number of benzene rings is 1. The van der Waals surface area contributed by atoms with Gasteiger partial charge in [0, 0.05) is 17.6 Å². The van der Waals surface area contributed by atoms with Crippen LogP contribution >= 0.6 is 23.2 Å². The Balaban J connectivity index is 2.35. The highest BCUT2D eigenvalue weighted by Crippen LogP contribution is 2.27. The van der Waals surface area contributed by atoms with Gasteiger partial charge in [-0.05, 0) is 25.1 Å². The van der Waals surface area contributed by atoms with Gasteiger partial charge in [0.2, 0.25) is 5.91 Å². The van der Waals surface area contributed by atoms with E-state index in [0.29, 0.717) is 22.3 Å². The Hall–Kier alpha value is -0.970. The topological polar surface area (TPSA) is 64.3 Å². The van der Waals surface area contributed by atoms with Crippen LogP contribution in [-0.2, 0) is 4.79 Å². The molecule has 4 nitrogen and oxygen atoms in total. The number of carbonyl (C=O) groups excluding carboxylic acids is 1. The third-order valence-corrected chi connectivity index (χ3v) is 2.77. The predicted molar refractivity (Wildman–Crippen MR) is 73.2 cm³/mol. The second-order valence-corrected chi connectivity index (χ2v) is 4.72. The molecular formula is C12H16Cl2N2O2. The van der Waals surface area contributed by atoms with Gasteiger partial charge < -0.3 is 15.8 Å². The van der Waals surface area contributed by atoms with Gasteiger partial charge in [0.15, 0.2) is 0 Å². The van der Waals surface area contributed by atoms with E-state index in [1.54, 1.807) is 18.2 Å². The van der Waals surface area contributed by atoms with E-state index in [0.717, 1.165) is 0 Å². The van der Waals surface area contributed by atoms with E-state index in [1.165, 1.54) is 0 Å². The molecule has 0 aromatic heterocycles. The van der Waals surface area contributed by atoms with E-state index < -0.39 is 0 Å². The van der Waals surface area contributed by atoms with Crippen molar-refractivity contribution < 1.29 is 9.53 Å². The maximum absolute atomic E-state index is 11.4. The second kappa shape index (κ2) is 7.46. The zero-order valence-electron chi connectivity index (χ0n) is 10.1. The Morgan fingerprint density at radius 2 is 2.22 bits per heavy atom. The first-order valence-electron chi connectivity index (χ1n) is 5.60. The van der Waals surface area contributed by atoms with Crippen molar-refractivity contribution in [2.45, 2.75) is 19.4 Å². The van der Waals surface area contributed by atoms with Crippen molar-refractivity contribution in [2.75, 3.05) is 13.2 Å². The zero-order chi connectivity index (χ0) is 13.5. The van der Waals surface area contributed by atoms with Gasteiger partial charge in [-0.1, -0.05) is 23.2 Å². The molecule has 18 heavy (non-hydrogen) atoms. The monoisotopic (exact) mass is 290 g/mol. The molecule has 0 aliphatic heterocycles. The summed E-state index contributed by atoms with van der Waals surface area (Å²) in [5.41, 5.74) is 5.40. The highest BCUT2D eigenvalue weighted by Gasteiger charge is 2.07. The molecule has 100 valence electrons. The third-order valence-electron chi connectivity index (χ3n) is 2.24. The normalized spacial score (nSPS) is 12.0. The molecule has 1 amide bonds. The van der Waals surface area contributed by atoms with Crippen molar-refractivity contribution in [3.63, 3.8) is 0 Å². The molecule has 1 aromatic rings. The fraction of sp³-hybridized carbons (Fsp3) is 0.417. The van der Waals surface area contributed by atoms with Crippen molar-refractivity contribution in [3.05, 3.63) is 28.2 Å². The number of nitrogens with two attached hydrogens (primary N) is 1.